The molecular weight excluding hydrogens is 479 g/mol. The predicted octanol–water partition coefficient (Wildman–Crippen LogP) is 6.33. The molecule has 0 radical (unpaired) electrons. The second-order valence-electron chi connectivity index (χ2n) is 5.73. The van der Waals surface area contributed by atoms with Crippen LogP contribution in [0, 0.1) is 0 Å². The van der Waals surface area contributed by atoms with Gasteiger partial charge < -0.3 is 14.8 Å². The maximum absolute atomic E-state index is 12.4. The standard InChI is InChI=1S/C19H13Cl2F2NO4S2/c1-27-12-7-6-11-14(20)17(30-16(11)15(12)21)18(26)28-8-13(25)24-9-2-4-10(5-3-9)29-19(22)23/h2-7,19H,8H2,1H3,(H,24,25). The highest BCUT2D eigenvalue weighted by atomic mass is 35.5. The number of hydrogen-bond acceptors (Lipinski definition) is 6. The van der Waals surface area contributed by atoms with E-state index in [4.69, 9.17) is 32.7 Å². The second kappa shape index (κ2) is 9.82. The fourth-order valence-electron chi connectivity index (χ4n) is 2.48. The van der Waals surface area contributed by atoms with E-state index in [1.165, 1.54) is 31.4 Å². The molecule has 0 unspecified atom stereocenters. The molecule has 0 atom stereocenters. The normalized spacial score (nSPS) is 11.0. The minimum atomic E-state index is -2.53. The van der Waals surface area contributed by atoms with Crippen molar-refractivity contribution in [2.45, 2.75) is 10.7 Å². The van der Waals surface area contributed by atoms with Gasteiger partial charge in [0.15, 0.2) is 6.61 Å². The Labute approximate surface area is 188 Å². The monoisotopic (exact) mass is 491 g/mol. The number of rotatable bonds is 7. The summed E-state index contributed by atoms with van der Waals surface area (Å²) in [5, 5.41) is 3.59. The first kappa shape index (κ1) is 22.6. The first-order chi connectivity index (χ1) is 14.3. The number of halogens is 4. The summed E-state index contributed by atoms with van der Waals surface area (Å²) in [5.41, 5.74) is 0.383. The smallest absolute Gasteiger partial charge is 0.350 e. The fourth-order valence-corrected chi connectivity index (χ4v) is 4.76. The van der Waals surface area contributed by atoms with Gasteiger partial charge in [0.25, 0.3) is 11.7 Å². The van der Waals surface area contributed by atoms with Gasteiger partial charge >= 0.3 is 5.97 Å². The number of benzene rings is 2. The minimum Gasteiger partial charge on any atom is -0.495 e. The Bertz CT molecular complexity index is 1090. The zero-order chi connectivity index (χ0) is 21.8. The number of amides is 1. The van der Waals surface area contributed by atoms with Crippen molar-refractivity contribution in [3.63, 3.8) is 0 Å². The molecule has 0 saturated carbocycles. The molecular formula is C19H13Cl2F2NO4S2. The average Bonchev–Trinajstić information content (AvgIpc) is 3.05. The van der Waals surface area contributed by atoms with Crippen LogP contribution in [0.15, 0.2) is 41.3 Å². The molecule has 3 rings (SSSR count). The largest absolute Gasteiger partial charge is 0.495 e. The van der Waals surface area contributed by atoms with Crippen molar-refractivity contribution < 1.29 is 27.8 Å². The zero-order valence-corrected chi connectivity index (χ0v) is 18.4. The highest BCUT2D eigenvalue weighted by molar-refractivity contribution is 7.99. The predicted molar refractivity (Wildman–Crippen MR) is 116 cm³/mol. The molecule has 0 bridgehead atoms. The highest BCUT2D eigenvalue weighted by Crippen LogP contribution is 2.43. The van der Waals surface area contributed by atoms with Gasteiger partial charge in [-0.15, -0.1) is 11.3 Å². The number of alkyl halides is 2. The van der Waals surface area contributed by atoms with Gasteiger partial charge in [0.05, 0.1) is 16.8 Å². The van der Waals surface area contributed by atoms with Crippen LogP contribution >= 0.6 is 46.3 Å². The van der Waals surface area contributed by atoms with E-state index in [1.807, 2.05) is 0 Å². The number of methoxy groups -OCH3 is 1. The third-order valence-corrected chi connectivity index (χ3v) is 6.72. The van der Waals surface area contributed by atoms with E-state index >= 15 is 0 Å². The minimum absolute atomic E-state index is 0.114. The van der Waals surface area contributed by atoms with Gasteiger partial charge in [0.2, 0.25) is 0 Å². The lowest BCUT2D eigenvalue weighted by Crippen LogP contribution is -2.20. The number of hydrogen-bond donors (Lipinski definition) is 1. The van der Waals surface area contributed by atoms with Crippen LogP contribution in [0.25, 0.3) is 10.1 Å². The lowest BCUT2D eigenvalue weighted by molar-refractivity contribution is -0.119. The molecule has 30 heavy (non-hydrogen) atoms. The molecule has 3 aromatic rings. The Morgan fingerprint density at radius 3 is 2.47 bits per heavy atom. The summed E-state index contributed by atoms with van der Waals surface area (Å²) < 4.78 is 35.4. The molecule has 1 amide bonds. The Balaban J connectivity index is 1.63. The summed E-state index contributed by atoms with van der Waals surface area (Å²) >= 11 is 14.0. The van der Waals surface area contributed by atoms with E-state index in [1.54, 1.807) is 12.1 Å². The van der Waals surface area contributed by atoms with E-state index in [2.05, 4.69) is 5.32 Å². The number of thiophene rings is 1. The molecule has 0 fully saturated rings. The molecule has 1 aromatic heterocycles. The van der Waals surface area contributed by atoms with Crippen LogP contribution in [0.4, 0.5) is 14.5 Å². The van der Waals surface area contributed by atoms with Crippen molar-refractivity contribution in [3.05, 3.63) is 51.3 Å². The lowest BCUT2D eigenvalue weighted by Gasteiger charge is -2.07. The number of anilines is 1. The van der Waals surface area contributed by atoms with Crippen molar-refractivity contribution in [1.29, 1.82) is 0 Å². The fraction of sp³-hybridized carbons (Fsp3) is 0.158. The molecule has 158 valence electrons. The molecule has 0 aliphatic carbocycles. The van der Waals surface area contributed by atoms with E-state index in [-0.39, 0.29) is 9.90 Å². The molecule has 1 N–H and O–H groups in total. The molecule has 2 aromatic carbocycles. The molecule has 11 heteroatoms. The van der Waals surface area contributed by atoms with Crippen molar-refractivity contribution in [3.8, 4) is 5.75 Å². The van der Waals surface area contributed by atoms with E-state index in [0.717, 1.165) is 11.3 Å². The first-order valence-corrected chi connectivity index (χ1v) is 10.7. The molecule has 0 aliphatic rings. The Morgan fingerprint density at radius 1 is 1.13 bits per heavy atom. The van der Waals surface area contributed by atoms with Gasteiger partial charge in [0, 0.05) is 16.0 Å². The quantitative estimate of drug-likeness (QED) is 0.309. The number of nitrogens with one attached hydrogen (secondary N) is 1. The van der Waals surface area contributed by atoms with Gasteiger partial charge in [-0.1, -0.05) is 35.0 Å². The number of ether oxygens (including phenoxy) is 2. The van der Waals surface area contributed by atoms with Crippen LogP contribution < -0.4 is 10.1 Å². The third-order valence-electron chi connectivity index (χ3n) is 3.80. The topological polar surface area (TPSA) is 64.6 Å². The van der Waals surface area contributed by atoms with Crippen LogP contribution in [-0.4, -0.2) is 31.4 Å². The van der Waals surface area contributed by atoms with Crippen LogP contribution in [0.5, 0.6) is 5.75 Å². The summed E-state index contributed by atoms with van der Waals surface area (Å²) in [5.74, 6) is -3.44. The molecule has 0 spiro atoms. The highest BCUT2D eigenvalue weighted by Gasteiger charge is 2.22. The van der Waals surface area contributed by atoms with Gasteiger partial charge in [0.1, 0.15) is 15.6 Å². The number of thioether (sulfide) groups is 1. The van der Waals surface area contributed by atoms with E-state index in [9.17, 15) is 18.4 Å². The average molecular weight is 492 g/mol. The molecule has 5 nitrogen and oxygen atoms in total. The molecule has 0 aliphatic heterocycles. The summed E-state index contributed by atoms with van der Waals surface area (Å²) in [7, 11) is 1.47. The SMILES string of the molecule is COc1ccc2c(Cl)c(C(=O)OCC(=O)Nc3ccc(SC(F)F)cc3)sc2c1Cl. The Kier molecular flexibility index (Phi) is 7.41. The van der Waals surface area contributed by atoms with Gasteiger partial charge in [-0.3, -0.25) is 4.79 Å². The molecule has 0 saturated heterocycles. The first-order valence-electron chi connectivity index (χ1n) is 8.26. The zero-order valence-electron chi connectivity index (χ0n) is 15.2. The number of carbonyl (C=O) groups is 2. The Morgan fingerprint density at radius 2 is 1.83 bits per heavy atom. The number of carbonyl (C=O) groups excluding carboxylic acids is 2. The summed E-state index contributed by atoms with van der Waals surface area (Å²) in [6.45, 7) is -0.548. The second-order valence-corrected chi connectivity index (χ2v) is 8.57. The molecule has 1 heterocycles. The van der Waals surface area contributed by atoms with Crippen LogP contribution in [-0.2, 0) is 9.53 Å². The van der Waals surface area contributed by atoms with Crippen LogP contribution in [0.3, 0.4) is 0 Å². The summed E-state index contributed by atoms with van der Waals surface area (Å²) in [6.07, 6.45) is 0. The number of fused-ring (bicyclic) bond motifs is 1. The maximum atomic E-state index is 12.4. The third kappa shape index (κ3) is 5.15. The van der Waals surface area contributed by atoms with Gasteiger partial charge in [-0.2, -0.15) is 8.78 Å². The van der Waals surface area contributed by atoms with Crippen molar-refractivity contribution in [2.24, 2.45) is 0 Å². The van der Waals surface area contributed by atoms with Gasteiger partial charge in [-0.05, 0) is 36.4 Å². The van der Waals surface area contributed by atoms with E-state index < -0.39 is 24.2 Å². The van der Waals surface area contributed by atoms with E-state index in [0.29, 0.717) is 43.2 Å². The van der Waals surface area contributed by atoms with Gasteiger partial charge in [-0.25, -0.2) is 4.79 Å². The summed E-state index contributed by atoms with van der Waals surface area (Å²) in [6, 6.07) is 9.17. The van der Waals surface area contributed by atoms with Crippen molar-refractivity contribution in [1.82, 2.24) is 0 Å². The van der Waals surface area contributed by atoms with Crippen LogP contribution in [0.2, 0.25) is 10.0 Å². The Hall–Kier alpha value is -2.07. The summed E-state index contributed by atoms with van der Waals surface area (Å²) in [4.78, 5) is 24.9. The number of esters is 1. The maximum Gasteiger partial charge on any atom is 0.350 e. The van der Waals surface area contributed by atoms with Crippen LogP contribution in [0.1, 0.15) is 9.67 Å². The van der Waals surface area contributed by atoms with Crippen molar-refractivity contribution in [2.75, 3.05) is 19.0 Å². The van der Waals surface area contributed by atoms with Crippen molar-refractivity contribution >= 4 is 74.0 Å². The lowest BCUT2D eigenvalue weighted by atomic mass is 10.2.